The molecule has 10 heteroatoms. The quantitative estimate of drug-likeness (QED) is 0.494. The third-order valence-electron chi connectivity index (χ3n) is 6.15. The lowest BCUT2D eigenvalue weighted by Gasteiger charge is -2.30. The second kappa shape index (κ2) is 9.23. The fourth-order valence-corrected chi connectivity index (χ4v) is 5.94. The number of carboxylic acid groups (broad SMARTS) is 1. The van der Waals surface area contributed by atoms with Crippen LogP contribution in [0.2, 0.25) is 5.15 Å². The number of carbonyl (C=O) groups is 3. The van der Waals surface area contributed by atoms with E-state index in [2.05, 4.69) is 9.98 Å². The van der Waals surface area contributed by atoms with Crippen molar-refractivity contribution in [2.45, 2.75) is 38.1 Å². The van der Waals surface area contributed by atoms with Crippen LogP contribution in [0, 0.1) is 0 Å². The highest BCUT2D eigenvalue weighted by Gasteiger charge is 2.45. The van der Waals surface area contributed by atoms with Crippen LogP contribution in [0.4, 0.5) is 11.4 Å². The highest BCUT2D eigenvalue weighted by Crippen LogP contribution is 2.46. The molecule has 1 aliphatic carbocycles. The number of hydrogen-bond acceptors (Lipinski definition) is 6. The molecule has 1 aromatic heterocycles. The summed E-state index contributed by atoms with van der Waals surface area (Å²) in [6, 6.07) is 10.4. The van der Waals surface area contributed by atoms with Crippen molar-refractivity contribution >= 4 is 63.3 Å². The molecule has 1 saturated heterocycles. The third kappa shape index (κ3) is 3.99. The number of hydrogen-bond donors (Lipinski definition) is 1. The normalized spacial score (nSPS) is 22.1. The van der Waals surface area contributed by atoms with E-state index in [0.717, 1.165) is 43.9 Å². The largest absolute Gasteiger partial charge is 0.480 e. The molecule has 3 aliphatic rings. The van der Waals surface area contributed by atoms with Crippen LogP contribution in [0.15, 0.2) is 52.5 Å². The van der Waals surface area contributed by atoms with Gasteiger partial charge < -0.3 is 5.11 Å². The van der Waals surface area contributed by atoms with Crippen LogP contribution in [-0.4, -0.2) is 50.5 Å². The Labute approximate surface area is 205 Å². The number of carboxylic acids is 1. The van der Waals surface area contributed by atoms with E-state index in [-0.39, 0.29) is 27.6 Å². The Bertz CT molecular complexity index is 1260. The monoisotopic (exact) mass is 496 g/mol. The van der Waals surface area contributed by atoms with Crippen LogP contribution >= 0.6 is 23.4 Å². The number of benzene rings is 1. The van der Waals surface area contributed by atoms with Gasteiger partial charge in [-0.1, -0.05) is 49.1 Å². The van der Waals surface area contributed by atoms with Crippen molar-refractivity contribution in [3.63, 3.8) is 0 Å². The average Bonchev–Trinajstić information content (AvgIpc) is 3.29. The lowest BCUT2D eigenvalue weighted by molar-refractivity contribution is -0.136. The summed E-state index contributed by atoms with van der Waals surface area (Å²) in [6.45, 7) is -0.482. The minimum absolute atomic E-state index is 0.0251. The number of aromatic nitrogens is 1. The summed E-state index contributed by atoms with van der Waals surface area (Å²) in [6.07, 6.45) is 6.42. The van der Waals surface area contributed by atoms with E-state index < -0.39 is 18.4 Å². The summed E-state index contributed by atoms with van der Waals surface area (Å²) in [7, 11) is 0. The lowest BCUT2D eigenvalue weighted by atomic mass is 9.94. The van der Waals surface area contributed by atoms with E-state index in [9.17, 15) is 19.5 Å². The average molecular weight is 497 g/mol. The van der Waals surface area contributed by atoms with Crippen LogP contribution < -0.4 is 4.90 Å². The molecule has 1 aromatic carbocycles. The van der Waals surface area contributed by atoms with E-state index in [1.54, 1.807) is 47.5 Å². The third-order valence-corrected chi connectivity index (χ3v) is 7.50. The second-order valence-electron chi connectivity index (χ2n) is 8.28. The highest BCUT2D eigenvalue weighted by atomic mass is 35.5. The van der Waals surface area contributed by atoms with Crippen LogP contribution in [-0.2, 0) is 14.4 Å². The molecular formula is C24H21ClN4O4S. The predicted molar refractivity (Wildman–Crippen MR) is 131 cm³/mol. The summed E-state index contributed by atoms with van der Waals surface area (Å²) in [5.41, 5.74) is 1.69. The van der Waals surface area contributed by atoms with Gasteiger partial charge >= 0.3 is 5.97 Å². The Morgan fingerprint density at radius 2 is 1.88 bits per heavy atom. The van der Waals surface area contributed by atoms with Gasteiger partial charge in [0.15, 0.2) is 10.3 Å². The van der Waals surface area contributed by atoms with Crippen LogP contribution in [0.5, 0.6) is 0 Å². The van der Waals surface area contributed by atoms with Crippen LogP contribution in [0.1, 0.15) is 37.7 Å². The summed E-state index contributed by atoms with van der Waals surface area (Å²) < 4.78 is 0. The number of thioether (sulfide) groups is 1. The molecule has 174 valence electrons. The molecule has 0 radical (unpaired) electrons. The number of rotatable bonds is 4. The van der Waals surface area contributed by atoms with Gasteiger partial charge in [0.05, 0.1) is 16.2 Å². The highest BCUT2D eigenvalue weighted by molar-refractivity contribution is 8.18. The van der Waals surface area contributed by atoms with E-state index >= 15 is 0 Å². The molecule has 0 atom stereocenters. The Morgan fingerprint density at radius 3 is 2.62 bits per heavy atom. The van der Waals surface area contributed by atoms with E-state index in [1.807, 2.05) is 0 Å². The van der Waals surface area contributed by atoms with Gasteiger partial charge in [-0.25, -0.2) is 9.98 Å². The summed E-state index contributed by atoms with van der Waals surface area (Å²) in [4.78, 5) is 50.5. The Hall–Kier alpha value is -3.17. The fraction of sp³-hybridized carbons (Fsp3) is 0.292. The molecule has 5 rings (SSSR count). The van der Waals surface area contributed by atoms with E-state index in [1.165, 1.54) is 4.90 Å². The number of amidine groups is 1. The van der Waals surface area contributed by atoms with Crippen molar-refractivity contribution in [2.75, 3.05) is 11.4 Å². The minimum Gasteiger partial charge on any atom is -0.480 e. The van der Waals surface area contributed by atoms with Crippen molar-refractivity contribution in [3.05, 3.63) is 58.2 Å². The van der Waals surface area contributed by atoms with Crippen molar-refractivity contribution in [2.24, 2.45) is 4.99 Å². The molecule has 2 fully saturated rings. The van der Waals surface area contributed by atoms with Crippen molar-refractivity contribution in [1.29, 1.82) is 0 Å². The van der Waals surface area contributed by atoms with Gasteiger partial charge in [0.2, 0.25) is 0 Å². The number of amides is 2. The molecule has 2 amide bonds. The van der Waals surface area contributed by atoms with Crippen molar-refractivity contribution in [1.82, 2.24) is 9.88 Å². The Morgan fingerprint density at radius 1 is 1.12 bits per heavy atom. The molecule has 0 unspecified atom stereocenters. The van der Waals surface area contributed by atoms with Crippen molar-refractivity contribution in [3.8, 4) is 0 Å². The van der Waals surface area contributed by atoms with Gasteiger partial charge in [0.25, 0.3) is 11.8 Å². The summed E-state index contributed by atoms with van der Waals surface area (Å²) in [5, 5.41) is 10.0. The molecule has 0 bridgehead atoms. The molecule has 2 aromatic rings. The van der Waals surface area contributed by atoms with Gasteiger partial charge in [-0.05, 0) is 42.8 Å². The number of pyridine rings is 1. The minimum atomic E-state index is -1.13. The summed E-state index contributed by atoms with van der Waals surface area (Å²) >= 11 is 7.37. The zero-order chi connectivity index (χ0) is 23.8. The molecule has 0 spiro atoms. The topological polar surface area (TPSA) is 103 Å². The van der Waals surface area contributed by atoms with Gasteiger partial charge in [-0.3, -0.25) is 24.2 Å². The number of aliphatic imine (C=N–C) groups is 1. The van der Waals surface area contributed by atoms with Gasteiger partial charge in [0, 0.05) is 17.8 Å². The molecular weight excluding hydrogens is 476 g/mol. The SMILES string of the molecule is O=C(O)CN1C(=O)/C(=C2\SC(=Nc3cccnc3Cl)N(C3CCCCC3)C2=O)c2ccccc21. The number of fused-ring (bicyclic) bond motifs is 1. The number of nitrogens with zero attached hydrogens (tertiary/aromatic N) is 4. The van der Waals surface area contributed by atoms with E-state index in [0.29, 0.717) is 22.1 Å². The Kier molecular flexibility index (Phi) is 6.14. The number of halogens is 1. The molecule has 1 N–H and O–H groups in total. The van der Waals surface area contributed by atoms with Crippen molar-refractivity contribution < 1.29 is 19.5 Å². The number of carbonyl (C=O) groups excluding carboxylic acids is 2. The fourth-order valence-electron chi connectivity index (χ4n) is 4.63. The first kappa shape index (κ1) is 22.6. The zero-order valence-corrected chi connectivity index (χ0v) is 19.7. The standard InChI is InChI=1S/C24H21ClN4O4S/c25-21-16(10-6-12-26-21)27-24-29(14-7-2-1-3-8-14)23(33)20(34-24)19-15-9-4-5-11-17(15)28(22(19)32)13-18(30)31/h4-6,9-12,14H,1-3,7-8,13H2,(H,30,31)/b20-19-,27-24?. The smallest absolute Gasteiger partial charge is 0.323 e. The number of aliphatic carboxylic acids is 1. The summed E-state index contributed by atoms with van der Waals surface area (Å²) in [5.74, 6) is -1.91. The number of para-hydroxylation sites is 1. The first-order chi connectivity index (χ1) is 16.5. The van der Waals surface area contributed by atoms with Crippen LogP contribution in [0.3, 0.4) is 0 Å². The molecule has 34 heavy (non-hydrogen) atoms. The Balaban J connectivity index is 1.64. The first-order valence-corrected chi connectivity index (χ1v) is 12.2. The van der Waals surface area contributed by atoms with E-state index in [4.69, 9.17) is 11.6 Å². The first-order valence-electron chi connectivity index (χ1n) is 11.0. The van der Waals surface area contributed by atoms with Crippen LogP contribution in [0.25, 0.3) is 5.57 Å². The molecule has 2 aliphatic heterocycles. The number of anilines is 1. The van der Waals surface area contributed by atoms with Gasteiger partial charge in [-0.15, -0.1) is 0 Å². The predicted octanol–water partition coefficient (Wildman–Crippen LogP) is 4.47. The lowest BCUT2D eigenvalue weighted by Crippen LogP contribution is -2.40. The van der Waals surface area contributed by atoms with Gasteiger partial charge in [0.1, 0.15) is 12.2 Å². The van der Waals surface area contributed by atoms with Gasteiger partial charge in [-0.2, -0.15) is 0 Å². The molecule has 1 saturated carbocycles. The molecule has 8 nitrogen and oxygen atoms in total. The maximum Gasteiger partial charge on any atom is 0.323 e. The maximum absolute atomic E-state index is 13.8. The maximum atomic E-state index is 13.8. The molecule has 3 heterocycles. The zero-order valence-electron chi connectivity index (χ0n) is 18.1. The second-order valence-corrected chi connectivity index (χ2v) is 9.62.